The molecule has 0 amide bonds. The van der Waals surface area contributed by atoms with Gasteiger partial charge in [0.1, 0.15) is 5.75 Å². The maximum atomic E-state index is 9.10. The van der Waals surface area contributed by atoms with E-state index in [-0.39, 0.29) is 0 Å². The van der Waals surface area contributed by atoms with Gasteiger partial charge < -0.3 is 25.2 Å². The quantitative estimate of drug-likeness (QED) is 0.712. The minimum Gasteiger partial charge on any atom is -0.496 e. The molecule has 1 saturated heterocycles. The normalized spacial score (nSPS) is 15.4. The Hall–Kier alpha value is -2.12. The van der Waals surface area contributed by atoms with Crippen molar-refractivity contribution in [3.8, 4) is 5.75 Å². The van der Waals surface area contributed by atoms with E-state index in [4.69, 9.17) is 24.5 Å². The van der Waals surface area contributed by atoms with E-state index >= 15 is 0 Å². The molecule has 0 aliphatic carbocycles. The molecule has 1 aliphatic heterocycles. The standard InChI is InChI=1S/C14H22N2O.C2H2O4/c1-16-9-7-13(8-10-16)15-11-12-5-3-4-6-14(12)17-2;3-1(4)2(5)6/h3-6,13,15H,7-11H2,1-2H3;(H,3,4)(H,5,6). The number of benzene rings is 1. The van der Waals surface area contributed by atoms with E-state index in [1.807, 2.05) is 12.1 Å². The highest BCUT2D eigenvalue weighted by atomic mass is 16.5. The maximum absolute atomic E-state index is 9.10. The summed E-state index contributed by atoms with van der Waals surface area (Å²) in [6.45, 7) is 3.30. The molecule has 1 aromatic rings. The molecule has 0 bridgehead atoms. The lowest BCUT2D eigenvalue weighted by Crippen LogP contribution is -2.40. The first-order valence-corrected chi connectivity index (χ1v) is 7.44. The molecule has 0 atom stereocenters. The van der Waals surface area contributed by atoms with Crippen LogP contribution in [0.15, 0.2) is 24.3 Å². The zero-order valence-corrected chi connectivity index (χ0v) is 13.5. The second-order valence-electron chi connectivity index (χ2n) is 5.38. The van der Waals surface area contributed by atoms with Crippen molar-refractivity contribution in [3.63, 3.8) is 0 Å². The first-order valence-electron chi connectivity index (χ1n) is 7.44. The van der Waals surface area contributed by atoms with E-state index in [2.05, 4.69) is 29.4 Å². The van der Waals surface area contributed by atoms with Gasteiger partial charge in [0.25, 0.3) is 0 Å². The number of ether oxygens (including phenoxy) is 1. The van der Waals surface area contributed by atoms with E-state index in [1.54, 1.807) is 7.11 Å². The number of para-hydroxylation sites is 1. The van der Waals surface area contributed by atoms with Crippen LogP contribution in [0.1, 0.15) is 18.4 Å². The Balaban J connectivity index is 0.000000379. The molecule has 0 unspecified atom stereocenters. The topological polar surface area (TPSA) is 99.1 Å². The van der Waals surface area contributed by atoms with Crippen molar-refractivity contribution in [2.24, 2.45) is 0 Å². The fourth-order valence-electron chi connectivity index (χ4n) is 2.32. The van der Waals surface area contributed by atoms with Gasteiger partial charge in [0.2, 0.25) is 0 Å². The maximum Gasteiger partial charge on any atom is 0.414 e. The van der Waals surface area contributed by atoms with Gasteiger partial charge >= 0.3 is 11.9 Å². The van der Waals surface area contributed by atoms with E-state index in [9.17, 15) is 0 Å². The third kappa shape index (κ3) is 7.12. The van der Waals surface area contributed by atoms with E-state index < -0.39 is 11.9 Å². The summed E-state index contributed by atoms with van der Waals surface area (Å²) in [5.74, 6) is -2.67. The van der Waals surface area contributed by atoms with Crippen molar-refractivity contribution in [3.05, 3.63) is 29.8 Å². The van der Waals surface area contributed by atoms with Gasteiger partial charge in [-0.2, -0.15) is 0 Å². The Labute approximate surface area is 135 Å². The molecule has 1 aromatic carbocycles. The number of nitrogens with zero attached hydrogens (tertiary/aromatic N) is 1. The van der Waals surface area contributed by atoms with E-state index in [1.165, 1.54) is 31.5 Å². The summed E-state index contributed by atoms with van der Waals surface area (Å²) in [6.07, 6.45) is 2.48. The molecule has 1 heterocycles. The lowest BCUT2D eigenvalue weighted by molar-refractivity contribution is -0.159. The van der Waals surface area contributed by atoms with Crippen molar-refractivity contribution >= 4 is 11.9 Å². The predicted octanol–water partition coefficient (Wildman–Crippen LogP) is 1.03. The van der Waals surface area contributed by atoms with Gasteiger partial charge in [0.05, 0.1) is 7.11 Å². The van der Waals surface area contributed by atoms with Crippen LogP contribution in [0, 0.1) is 0 Å². The Bertz CT molecular complexity index is 501. The van der Waals surface area contributed by atoms with Gasteiger partial charge in [0, 0.05) is 18.2 Å². The molecule has 0 aromatic heterocycles. The van der Waals surface area contributed by atoms with Crippen LogP contribution in [0.5, 0.6) is 5.75 Å². The molecule has 7 nitrogen and oxygen atoms in total. The molecule has 2 rings (SSSR count). The number of nitrogens with one attached hydrogen (secondary N) is 1. The first-order chi connectivity index (χ1) is 10.9. The number of carboxylic acids is 2. The average Bonchev–Trinajstić information content (AvgIpc) is 2.55. The molecule has 1 fully saturated rings. The van der Waals surface area contributed by atoms with Crippen LogP contribution in [0.25, 0.3) is 0 Å². The fourth-order valence-corrected chi connectivity index (χ4v) is 2.32. The van der Waals surface area contributed by atoms with Gasteiger partial charge in [-0.05, 0) is 39.0 Å². The number of carbonyl (C=O) groups is 2. The van der Waals surface area contributed by atoms with Crippen LogP contribution < -0.4 is 10.1 Å². The van der Waals surface area contributed by atoms with Gasteiger partial charge in [-0.3, -0.25) is 0 Å². The summed E-state index contributed by atoms with van der Waals surface area (Å²) >= 11 is 0. The van der Waals surface area contributed by atoms with E-state index in [0.717, 1.165) is 12.3 Å². The number of carboxylic acid groups (broad SMARTS) is 2. The molecule has 0 spiro atoms. The van der Waals surface area contributed by atoms with Crippen LogP contribution in [-0.2, 0) is 16.1 Å². The number of aliphatic carboxylic acids is 2. The molecule has 0 saturated carbocycles. The van der Waals surface area contributed by atoms with E-state index in [0.29, 0.717) is 6.04 Å². The Kier molecular flexibility index (Phi) is 8.07. The molecule has 128 valence electrons. The van der Waals surface area contributed by atoms with Gasteiger partial charge in [-0.1, -0.05) is 18.2 Å². The minimum absolute atomic E-state index is 0.649. The number of piperidine rings is 1. The average molecular weight is 324 g/mol. The minimum atomic E-state index is -1.82. The highest BCUT2D eigenvalue weighted by molar-refractivity contribution is 6.27. The second kappa shape index (κ2) is 9.81. The van der Waals surface area contributed by atoms with Crippen LogP contribution in [0.4, 0.5) is 0 Å². The summed E-state index contributed by atoms with van der Waals surface area (Å²) in [5, 5.41) is 18.4. The van der Waals surface area contributed by atoms with Crippen LogP contribution >= 0.6 is 0 Å². The number of methoxy groups -OCH3 is 1. The first kappa shape index (κ1) is 18.9. The lowest BCUT2D eigenvalue weighted by Gasteiger charge is -2.29. The summed E-state index contributed by atoms with van der Waals surface area (Å²) in [6, 6.07) is 8.87. The number of hydrogen-bond donors (Lipinski definition) is 3. The van der Waals surface area contributed by atoms with Crippen LogP contribution in [-0.4, -0.2) is 60.3 Å². The van der Waals surface area contributed by atoms with Crippen molar-refractivity contribution < 1.29 is 24.5 Å². The summed E-state index contributed by atoms with van der Waals surface area (Å²) in [5.41, 5.74) is 1.24. The Morgan fingerprint density at radius 2 is 1.78 bits per heavy atom. The summed E-state index contributed by atoms with van der Waals surface area (Å²) < 4.78 is 5.35. The fraction of sp³-hybridized carbons (Fsp3) is 0.500. The van der Waals surface area contributed by atoms with Crippen molar-refractivity contribution in [2.45, 2.75) is 25.4 Å². The third-order valence-electron chi connectivity index (χ3n) is 3.68. The number of likely N-dealkylation sites (tertiary alicyclic amines) is 1. The highest BCUT2D eigenvalue weighted by Gasteiger charge is 2.16. The zero-order chi connectivity index (χ0) is 17.2. The molecule has 7 heteroatoms. The molecule has 3 N–H and O–H groups in total. The monoisotopic (exact) mass is 324 g/mol. The van der Waals surface area contributed by atoms with Gasteiger partial charge in [-0.15, -0.1) is 0 Å². The molecular formula is C16H24N2O5. The third-order valence-corrected chi connectivity index (χ3v) is 3.68. The lowest BCUT2D eigenvalue weighted by atomic mass is 10.1. The number of hydrogen-bond acceptors (Lipinski definition) is 5. The van der Waals surface area contributed by atoms with Crippen molar-refractivity contribution in [2.75, 3.05) is 27.2 Å². The van der Waals surface area contributed by atoms with Gasteiger partial charge in [0.15, 0.2) is 0 Å². The van der Waals surface area contributed by atoms with Crippen LogP contribution in [0.2, 0.25) is 0 Å². The Morgan fingerprint density at radius 3 is 2.30 bits per heavy atom. The molecular weight excluding hydrogens is 300 g/mol. The van der Waals surface area contributed by atoms with Crippen molar-refractivity contribution in [1.29, 1.82) is 0 Å². The second-order valence-corrected chi connectivity index (χ2v) is 5.38. The smallest absolute Gasteiger partial charge is 0.414 e. The largest absolute Gasteiger partial charge is 0.496 e. The summed E-state index contributed by atoms with van der Waals surface area (Å²) in [4.78, 5) is 20.6. The SMILES string of the molecule is COc1ccccc1CNC1CCN(C)CC1.O=C(O)C(=O)O. The summed E-state index contributed by atoms with van der Waals surface area (Å²) in [7, 11) is 3.92. The predicted molar refractivity (Wildman–Crippen MR) is 85.6 cm³/mol. The highest BCUT2D eigenvalue weighted by Crippen LogP contribution is 2.18. The zero-order valence-electron chi connectivity index (χ0n) is 13.5. The molecule has 1 aliphatic rings. The Morgan fingerprint density at radius 1 is 1.22 bits per heavy atom. The number of rotatable bonds is 4. The van der Waals surface area contributed by atoms with Gasteiger partial charge in [-0.25, -0.2) is 9.59 Å². The van der Waals surface area contributed by atoms with Crippen LogP contribution in [0.3, 0.4) is 0 Å². The molecule has 0 radical (unpaired) electrons. The molecule has 23 heavy (non-hydrogen) atoms. The van der Waals surface area contributed by atoms with Crippen molar-refractivity contribution in [1.82, 2.24) is 10.2 Å².